The van der Waals surface area contributed by atoms with Crippen molar-refractivity contribution in [2.24, 2.45) is 11.8 Å². The highest BCUT2D eigenvalue weighted by Crippen LogP contribution is 2.43. The summed E-state index contributed by atoms with van der Waals surface area (Å²) in [6.45, 7) is 5.99. The zero-order valence-electron chi connectivity index (χ0n) is 18.9. The van der Waals surface area contributed by atoms with E-state index in [-0.39, 0.29) is 5.92 Å². The van der Waals surface area contributed by atoms with Crippen LogP contribution in [-0.2, 0) is 6.42 Å². The number of rotatable bonds is 10. The number of benzene rings is 1. The molecule has 166 valence electrons. The van der Waals surface area contributed by atoms with E-state index in [1.54, 1.807) is 5.57 Å². The molecule has 0 heterocycles. The molecule has 1 aromatic carbocycles. The monoisotopic (exact) mass is 414 g/mol. The Morgan fingerprint density at radius 2 is 1.73 bits per heavy atom. The number of unbranched alkanes of at least 4 members (excludes halogenated alkanes) is 3. The molecule has 3 rings (SSSR count). The number of aryl methyl sites for hydroxylation is 1. The van der Waals surface area contributed by atoms with Crippen molar-refractivity contribution in [1.82, 2.24) is 0 Å². The molecule has 0 bridgehead atoms. The Hall–Kier alpha value is -1.44. The molecule has 0 aliphatic heterocycles. The standard InChI is InChI=1S/C28H40F2/c1-3-5-7-8-10-25-19-20-26(28(30)27(25)29)24-17-15-23(16-18-24)22-13-11-21(12-14-22)9-6-4-2/h4,11,19-20,22-24H,2-3,5-10,12-18H2,1H3/t22-,23?,24?/m0/s1. The molecule has 2 aliphatic rings. The molecule has 0 N–H and O–H groups in total. The second kappa shape index (κ2) is 11.8. The molecule has 2 aliphatic carbocycles. The van der Waals surface area contributed by atoms with Crippen LogP contribution in [-0.4, -0.2) is 0 Å². The predicted octanol–water partition coefficient (Wildman–Crippen LogP) is 9.05. The maximum absolute atomic E-state index is 14.8. The fourth-order valence-electron chi connectivity index (χ4n) is 5.61. The molecule has 2 heteroatoms. The number of halogens is 2. The van der Waals surface area contributed by atoms with Gasteiger partial charge in [-0.25, -0.2) is 8.78 Å². The Morgan fingerprint density at radius 1 is 0.933 bits per heavy atom. The number of hydrogen-bond acceptors (Lipinski definition) is 0. The maximum Gasteiger partial charge on any atom is 0.162 e. The lowest BCUT2D eigenvalue weighted by atomic mass is 9.70. The molecule has 0 aromatic heterocycles. The molecular weight excluding hydrogens is 374 g/mol. The van der Waals surface area contributed by atoms with Crippen LogP contribution < -0.4 is 0 Å². The Labute approximate surface area is 182 Å². The molecule has 1 fully saturated rings. The second-order valence-electron chi connectivity index (χ2n) is 9.59. The molecule has 1 aromatic rings. The fourth-order valence-corrected chi connectivity index (χ4v) is 5.61. The lowest BCUT2D eigenvalue weighted by Gasteiger charge is -2.36. The van der Waals surface area contributed by atoms with Gasteiger partial charge in [0.25, 0.3) is 0 Å². The molecule has 0 radical (unpaired) electrons. The summed E-state index contributed by atoms with van der Waals surface area (Å²) in [5.74, 6) is 0.566. The quantitative estimate of drug-likeness (QED) is 0.264. The van der Waals surface area contributed by atoms with Gasteiger partial charge in [0.05, 0.1) is 0 Å². The van der Waals surface area contributed by atoms with Crippen LogP contribution in [0.2, 0.25) is 0 Å². The number of hydrogen-bond donors (Lipinski definition) is 0. The highest BCUT2D eigenvalue weighted by molar-refractivity contribution is 5.29. The molecule has 0 spiro atoms. The van der Waals surface area contributed by atoms with Crippen molar-refractivity contribution in [3.63, 3.8) is 0 Å². The summed E-state index contributed by atoms with van der Waals surface area (Å²) in [6, 6.07) is 3.73. The minimum Gasteiger partial charge on any atom is -0.203 e. The van der Waals surface area contributed by atoms with Crippen LogP contribution in [0.25, 0.3) is 0 Å². The second-order valence-corrected chi connectivity index (χ2v) is 9.59. The third-order valence-electron chi connectivity index (χ3n) is 7.59. The van der Waals surface area contributed by atoms with Gasteiger partial charge in [-0.05, 0) is 99.5 Å². The van der Waals surface area contributed by atoms with E-state index in [1.165, 1.54) is 32.1 Å². The van der Waals surface area contributed by atoms with E-state index in [0.717, 1.165) is 63.2 Å². The van der Waals surface area contributed by atoms with Gasteiger partial charge >= 0.3 is 0 Å². The minimum atomic E-state index is -0.587. The Bertz CT molecular complexity index is 710. The third-order valence-corrected chi connectivity index (χ3v) is 7.59. The fraction of sp³-hybridized carbons (Fsp3) is 0.643. The van der Waals surface area contributed by atoms with Crippen LogP contribution in [0.1, 0.15) is 107 Å². The van der Waals surface area contributed by atoms with Crippen molar-refractivity contribution < 1.29 is 8.78 Å². The van der Waals surface area contributed by atoms with Gasteiger partial charge in [0.2, 0.25) is 0 Å². The van der Waals surface area contributed by atoms with Gasteiger partial charge in [-0.3, -0.25) is 0 Å². The summed E-state index contributed by atoms with van der Waals surface area (Å²) in [5.41, 5.74) is 2.79. The molecule has 30 heavy (non-hydrogen) atoms. The Morgan fingerprint density at radius 3 is 2.40 bits per heavy atom. The first kappa shape index (κ1) is 23.2. The summed E-state index contributed by atoms with van der Waals surface area (Å²) in [6.07, 6.45) is 19.8. The molecular formula is C28H40F2. The highest BCUT2D eigenvalue weighted by Gasteiger charge is 2.30. The maximum atomic E-state index is 14.8. The van der Waals surface area contributed by atoms with Crippen LogP contribution in [0.4, 0.5) is 8.78 Å². The van der Waals surface area contributed by atoms with Crippen molar-refractivity contribution in [2.75, 3.05) is 0 Å². The first-order valence-electron chi connectivity index (χ1n) is 12.4. The zero-order valence-corrected chi connectivity index (χ0v) is 18.9. The van der Waals surface area contributed by atoms with Crippen molar-refractivity contribution in [1.29, 1.82) is 0 Å². The van der Waals surface area contributed by atoms with Gasteiger partial charge in [0.15, 0.2) is 11.6 Å². The molecule has 0 unspecified atom stereocenters. The normalized spacial score (nSPS) is 24.5. The van der Waals surface area contributed by atoms with E-state index in [0.29, 0.717) is 17.5 Å². The summed E-state index contributed by atoms with van der Waals surface area (Å²) in [5, 5.41) is 0. The van der Waals surface area contributed by atoms with E-state index in [9.17, 15) is 8.78 Å². The van der Waals surface area contributed by atoms with E-state index in [1.807, 2.05) is 18.2 Å². The predicted molar refractivity (Wildman–Crippen MR) is 124 cm³/mol. The summed E-state index contributed by atoms with van der Waals surface area (Å²) < 4.78 is 29.5. The first-order chi connectivity index (χ1) is 14.6. The van der Waals surface area contributed by atoms with Crippen LogP contribution in [0.15, 0.2) is 36.4 Å². The largest absolute Gasteiger partial charge is 0.203 e. The lowest BCUT2D eigenvalue weighted by molar-refractivity contribution is 0.215. The van der Waals surface area contributed by atoms with Crippen LogP contribution in [0.5, 0.6) is 0 Å². The van der Waals surface area contributed by atoms with Gasteiger partial charge in [-0.2, -0.15) is 0 Å². The van der Waals surface area contributed by atoms with Gasteiger partial charge in [0.1, 0.15) is 0 Å². The van der Waals surface area contributed by atoms with Gasteiger partial charge < -0.3 is 0 Å². The van der Waals surface area contributed by atoms with Gasteiger partial charge in [-0.1, -0.05) is 56.0 Å². The van der Waals surface area contributed by atoms with Crippen LogP contribution >= 0.6 is 0 Å². The summed E-state index contributed by atoms with van der Waals surface area (Å²) >= 11 is 0. The van der Waals surface area contributed by atoms with Crippen molar-refractivity contribution in [3.05, 3.63) is 59.2 Å². The average molecular weight is 415 g/mol. The average Bonchev–Trinajstić information content (AvgIpc) is 2.78. The summed E-state index contributed by atoms with van der Waals surface area (Å²) in [7, 11) is 0. The van der Waals surface area contributed by atoms with E-state index >= 15 is 0 Å². The Balaban J connectivity index is 1.52. The topological polar surface area (TPSA) is 0 Å². The molecule has 0 amide bonds. The SMILES string of the molecule is C=CCCC1=CC[C@H](C2CCC(c3ccc(CCCCCC)c(F)c3F)CC2)CC1. The third kappa shape index (κ3) is 6.05. The van der Waals surface area contributed by atoms with Crippen molar-refractivity contribution in [2.45, 2.75) is 103 Å². The zero-order chi connectivity index (χ0) is 21.3. The molecule has 0 saturated heterocycles. The lowest BCUT2D eigenvalue weighted by Crippen LogP contribution is -2.23. The van der Waals surface area contributed by atoms with Crippen molar-refractivity contribution >= 4 is 0 Å². The minimum absolute atomic E-state index is 0.187. The summed E-state index contributed by atoms with van der Waals surface area (Å²) in [4.78, 5) is 0. The molecule has 0 nitrogen and oxygen atoms in total. The molecule has 1 saturated carbocycles. The van der Waals surface area contributed by atoms with E-state index in [2.05, 4.69) is 19.6 Å². The Kier molecular flexibility index (Phi) is 9.15. The smallest absolute Gasteiger partial charge is 0.162 e. The van der Waals surface area contributed by atoms with E-state index < -0.39 is 11.6 Å². The van der Waals surface area contributed by atoms with Crippen molar-refractivity contribution in [3.8, 4) is 0 Å². The van der Waals surface area contributed by atoms with Crippen LogP contribution in [0, 0.1) is 23.5 Å². The van der Waals surface area contributed by atoms with Crippen LogP contribution in [0.3, 0.4) is 0 Å². The number of allylic oxidation sites excluding steroid dienone is 3. The van der Waals surface area contributed by atoms with Gasteiger partial charge in [0, 0.05) is 0 Å². The van der Waals surface area contributed by atoms with Gasteiger partial charge in [-0.15, -0.1) is 6.58 Å². The first-order valence-corrected chi connectivity index (χ1v) is 12.4. The highest BCUT2D eigenvalue weighted by atomic mass is 19.2. The van der Waals surface area contributed by atoms with E-state index in [4.69, 9.17) is 0 Å². The molecule has 1 atom stereocenters.